The molecule has 7 nitrogen and oxygen atoms in total. The monoisotopic (exact) mass is 498 g/mol. The van der Waals surface area contributed by atoms with E-state index >= 15 is 0 Å². The third kappa shape index (κ3) is 5.27. The molecule has 0 atom stereocenters. The lowest BCUT2D eigenvalue weighted by Gasteiger charge is -2.14. The molecule has 2 aromatic carbocycles. The lowest BCUT2D eigenvalue weighted by atomic mass is 9.94. The SMILES string of the molecule is CC(C)c1ccc(-c2c(C#N)c(N)nc(SCCC(=O)Nc3nc4ccccc4s3)c2C#N)cc1. The first-order chi connectivity index (χ1) is 16.9. The van der Waals surface area contributed by atoms with Gasteiger partial charge in [-0.15, -0.1) is 11.8 Å². The first-order valence-corrected chi connectivity index (χ1v) is 12.7. The summed E-state index contributed by atoms with van der Waals surface area (Å²) in [7, 11) is 0. The number of para-hydroxylation sites is 1. The highest BCUT2D eigenvalue weighted by molar-refractivity contribution is 7.99. The number of hydrogen-bond acceptors (Lipinski definition) is 8. The molecule has 0 fully saturated rings. The number of benzene rings is 2. The molecule has 0 bridgehead atoms. The second-order valence-electron chi connectivity index (χ2n) is 8.06. The number of fused-ring (bicyclic) bond motifs is 1. The van der Waals surface area contributed by atoms with Crippen molar-refractivity contribution in [2.45, 2.75) is 31.2 Å². The fourth-order valence-electron chi connectivity index (χ4n) is 3.57. The van der Waals surface area contributed by atoms with Crippen molar-refractivity contribution in [1.29, 1.82) is 10.5 Å². The molecule has 4 rings (SSSR count). The average molecular weight is 499 g/mol. The number of nitrogens with zero attached hydrogens (tertiary/aromatic N) is 4. The van der Waals surface area contributed by atoms with E-state index in [2.05, 4.69) is 41.3 Å². The molecular formula is C26H22N6OS2. The van der Waals surface area contributed by atoms with Crippen LogP contribution in [0, 0.1) is 22.7 Å². The minimum absolute atomic E-state index is 0.0656. The second-order valence-corrected chi connectivity index (χ2v) is 10.2. The van der Waals surface area contributed by atoms with Gasteiger partial charge in [0.1, 0.15) is 28.5 Å². The van der Waals surface area contributed by atoms with Crippen LogP contribution in [0.15, 0.2) is 53.6 Å². The summed E-state index contributed by atoms with van der Waals surface area (Å²) in [4.78, 5) is 21.2. The Morgan fingerprint density at radius 3 is 2.46 bits per heavy atom. The molecule has 9 heteroatoms. The first kappa shape index (κ1) is 24.2. The zero-order chi connectivity index (χ0) is 24.9. The Bertz CT molecular complexity index is 1450. The van der Waals surface area contributed by atoms with Crippen LogP contribution in [0.5, 0.6) is 0 Å². The Labute approximate surface area is 211 Å². The van der Waals surface area contributed by atoms with E-state index < -0.39 is 0 Å². The first-order valence-electron chi connectivity index (χ1n) is 10.9. The zero-order valence-corrected chi connectivity index (χ0v) is 20.8. The van der Waals surface area contributed by atoms with E-state index in [4.69, 9.17) is 5.73 Å². The molecule has 0 saturated heterocycles. The predicted molar refractivity (Wildman–Crippen MR) is 141 cm³/mol. The minimum atomic E-state index is -0.179. The van der Waals surface area contributed by atoms with Crippen LogP contribution >= 0.6 is 23.1 Å². The summed E-state index contributed by atoms with van der Waals surface area (Å²) in [5, 5.41) is 23.4. The molecule has 174 valence electrons. The number of pyridine rings is 1. The van der Waals surface area contributed by atoms with E-state index in [-0.39, 0.29) is 29.3 Å². The molecule has 35 heavy (non-hydrogen) atoms. The van der Waals surface area contributed by atoms with E-state index in [1.807, 2.05) is 48.5 Å². The van der Waals surface area contributed by atoms with Gasteiger partial charge in [-0.05, 0) is 29.2 Å². The number of nitriles is 2. The summed E-state index contributed by atoms with van der Waals surface area (Å²) in [6.45, 7) is 4.20. The molecule has 0 aliphatic carbocycles. The van der Waals surface area contributed by atoms with Gasteiger partial charge in [0.15, 0.2) is 5.13 Å². The third-order valence-electron chi connectivity index (χ3n) is 5.39. The van der Waals surface area contributed by atoms with Crippen molar-refractivity contribution >= 4 is 50.2 Å². The van der Waals surface area contributed by atoms with Crippen molar-refractivity contribution < 1.29 is 4.79 Å². The number of nitrogen functional groups attached to an aromatic ring is 1. The van der Waals surface area contributed by atoms with Gasteiger partial charge in [0, 0.05) is 17.7 Å². The molecule has 0 spiro atoms. The number of hydrogen-bond donors (Lipinski definition) is 2. The van der Waals surface area contributed by atoms with Crippen LogP contribution in [0.3, 0.4) is 0 Å². The molecule has 0 aliphatic heterocycles. The minimum Gasteiger partial charge on any atom is -0.383 e. The van der Waals surface area contributed by atoms with Gasteiger partial charge < -0.3 is 11.1 Å². The highest BCUT2D eigenvalue weighted by Crippen LogP contribution is 2.36. The maximum atomic E-state index is 12.5. The number of thiazole rings is 1. The molecule has 2 aromatic heterocycles. The summed E-state index contributed by atoms with van der Waals surface area (Å²) < 4.78 is 1.00. The molecule has 2 heterocycles. The van der Waals surface area contributed by atoms with E-state index in [0.29, 0.717) is 27.4 Å². The standard InChI is InChI=1S/C26H22N6OS2/c1-15(2)16-7-9-17(10-8-16)23-18(13-27)24(29)32-25(19(23)14-28)34-12-11-22(33)31-26-30-20-5-3-4-6-21(20)35-26/h3-10,15H,11-12H2,1-2H3,(H2,29,32)(H,30,31,33). The van der Waals surface area contributed by atoms with Gasteiger partial charge in [-0.25, -0.2) is 9.97 Å². The van der Waals surface area contributed by atoms with E-state index in [0.717, 1.165) is 21.3 Å². The Morgan fingerprint density at radius 2 is 1.80 bits per heavy atom. The summed E-state index contributed by atoms with van der Waals surface area (Å²) in [6, 6.07) is 19.7. The van der Waals surface area contributed by atoms with Crippen molar-refractivity contribution in [3.8, 4) is 23.3 Å². The number of nitrogens with two attached hydrogens (primary N) is 1. The van der Waals surface area contributed by atoms with Gasteiger partial charge in [-0.1, -0.05) is 61.6 Å². The number of nitrogens with one attached hydrogen (secondary N) is 1. The number of rotatable bonds is 7. The number of anilines is 2. The topological polar surface area (TPSA) is 128 Å². The lowest BCUT2D eigenvalue weighted by Crippen LogP contribution is -2.12. The molecule has 1 amide bonds. The normalized spacial score (nSPS) is 10.8. The van der Waals surface area contributed by atoms with Gasteiger partial charge in [-0.2, -0.15) is 10.5 Å². The molecular weight excluding hydrogens is 476 g/mol. The van der Waals surface area contributed by atoms with Crippen LogP contribution in [0.2, 0.25) is 0 Å². The number of aromatic nitrogens is 2. The lowest BCUT2D eigenvalue weighted by molar-refractivity contribution is -0.115. The Kier molecular flexibility index (Phi) is 7.31. The van der Waals surface area contributed by atoms with Crippen LogP contribution in [0.25, 0.3) is 21.3 Å². The van der Waals surface area contributed by atoms with Crippen molar-refractivity contribution in [2.75, 3.05) is 16.8 Å². The second kappa shape index (κ2) is 10.6. The van der Waals surface area contributed by atoms with Crippen LogP contribution in [0.4, 0.5) is 10.9 Å². The van der Waals surface area contributed by atoms with Gasteiger partial charge >= 0.3 is 0 Å². The van der Waals surface area contributed by atoms with Gasteiger partial charge in [0.05, 0.1) is 15.8 Å². The van der Waals surface area contributed by atoms with Crippen LogP contribution < -0.4 is 11.1 Å². The molecule has 0 saturated carbocycles. The van der Waals surface area contributed by atoms with Crippen molar-refractivity contribution in [3.63, 3.8) is 0 Å². The van der Waals surface area contributed by atoms with Gasteiger partial charge in [0.2, 0.25) is 5.91 Å². The highest BCUT2D eigenvalue weighted by Gasteiger charge is 2.21. The van der Waals surface area contributed by atoms with E-state index in [9.17, 15) is 15.3 Å². The summed E-state index contributed by atoms with van der Waals surface area (Å²) in [5.41, 5.74) is 9.75. The number of carbonyl (C=O) groups excluding carboxylic acids is 1. The van der Waals surface area contributed by atoms with Crippen molar-refractivity contribution in [1.82, 2.24) is 9.97 Å². The molecule has 0 aliphatic rings. The Hall–Kier alpha value is -3.92. The van der Waals surface area contributed by atoms with Gasteiger partial charge in [-0.3, -0.25) is 4.79 Å². The van der Waals surface area contributed by atoms with Crippen molar-refractivity contribution in [3.05, 3.63) is 65.2 Å². The highest BCUT2D eigenvalue weighted by atomic mass is 32.2. The maximum Gasteiger partial charge on any atom is 0.226 e. The predicted octanol–water partition coefficient (Wildman–Crippen LogP) is 5.93. The van der Waals surface area contributed by atoms with E-state index in [1.165, 1.54) is 23.1 Å². The Balaban J connectivity index is 1.53. The fourth-order valence-corrected chi connectivity index (χ4v) is 5.39. The van der Waals surface area contributed by atoms with Crippen LogP contribution in [-0.2, 0) is 4.79 Å². The van der Waals surface area contributed by atoms with Crippen molar-refractivity contribution in [2.24, 2.45) is 0 Å². The zero-order valence-electron chi connectivity index (χ0n) is 19.2. The quantitative estimate of drug-likeness (QED) is 0.302. The summed E-state index contributed by atoms with van der Waals surface area (Å²) in [5.74, 6) is 0.629. The number of thioether (sulfide) groups is 1. The summed E-state index contributed by atoms with van der Waals surface area (Å²) >= 11 is 2.68. The van der Waals surface area contributed by atoms with Crippen LogP contribution in [-0.4, -0.2) is 21.6 Å². The molecule has 4 aromatic rings. The average Bonchev–Trinajstić information content (AvgIpc) is 3.26. The molecule has 3 N–H and O–H groups in total. The maximum absolute atomic E-state index is 12.5. The smallest absolute Gasteiger partial charge is 0.226 e. The van der Waals surface area contributed by atoms with E-state index in [1.54, 1.807) is 0 Å². The number of carbonyl (C=O) groups is 1. The number of amides is 1. The molecule has 0 radical (unpaired) electrons. The third-order valence-corrected chi connectivity index (χ3v) is 7.32. The summed E-state index contributed by atoms with van der Waals surface area (Å²) in [6.07, 6.45) is 0.200. The molecule has 0 unspecified atom stereocenters. The Morgan fingerprint density at radius 1 is 1.09 bits per heavy atom. The fraction of sp³-hybridized carbons (Fsp3) is 0.192. The largest absolute Gasteiger partial charge is 0.383 e. The van der Waals surface area contributed by atoms with Gasteiger partial charge in [0.25, 0.3) is 0 Å². The van der Waals surface area contributed by atoms with Crippen LogP contribution in [0.1, 0.15) is 42.9 Å².